The van der Waals surface area contributed by atoms with Crippen molar-refractivity contribution in [2.45, 2.75) is 19.9 Å². The molecule has 0 aliphatic heterocycles. The molecule has 3 rings (SSSR count). The number of para-hydroxylation sites is 1. The van der Waals surface area contributed by atoms with Crippen molar-refractivity contribution in [3.05, 3.63) is 69.7 Å². The van der Waals surface area contributed by atoms with Crippen LogP contribution in [0.1, 0.15) is 25.7 Å². The second-order valence-electron chi connectivity index (χ2n) is 5.88. The van der Waals surface area contributed by atoms with E-state index in [1.54, 1.807) is 22.8 Å². The summed E-state index contributed by atoms with van der Waals surface area (Å²) in [6.45, 7) is 4.02. The van der Waals surface area contributed by atoms with Crippen LogP contribution in [0.2, 0.25) is 5.02 Å². The number of nitrogens with two attached hydrogens (primary N) is 1. The van der Waals surface area contributed by atoms with Crippen LogP contribution in [0.5, 0.6) is 0 Å². The van der Waals surface area contributed by atoms with E-state index in [1.807, 2.05) is 44.2 Å². The Balaban J connectivity index is 2.40. The maximum atomic E-state index is 13.0. The molecule has 5 heteroatoms. The molecule has 0 radical (unpaired) electrons. The fourth-order valence-electron chi connectivity index (χ4n) is 2.52. The van der Waals surface area contributed by atoms with Crippen molar-refractivity contribution in [2.24, 2.45) is 11.7 Å². The number of nitrogens with zero attached hydrogens (tertiary/aromatic N) is 2. The van der Waals surface area contributed by atoms with Gasteiger partial charge in [0.2, 0.25) is 0 Å². The molecule has 0 unspecified atom stereocenters. The number of hydrogen-bond acceptors (Lipinski definition) is 3. The first-order chi connectivity index (χ1) is 11.0. The van der Waals surface area contributed by atoms with Gasteiger partial charge in [-0.2, -0.15) is 0 Å². The average molecular weight is 328 g/mol. The van der Waals surface area contributed by atoms with Gasteiger partial charge in [-0.25, -0.2) is 4.98 Å². The zero-order valence-corrected chi connectivity index (χ0v) is 13.8. The van der Waals surface area contributed by atoms with E-state index in [-0.39, 0.29) is 17.5 Å². The van der Waals surface area contributed by atoms with E-state index in [2.05, 4.69) is 4.98 Å². The first kappa shape index (κ1) is 15.7. The van der Waals surface area contributed by atoms with Crippen LogP contribution >= 0.6 is 11.6 Å². The van der Waals surface area contributed by atoms with Crippen LogP contribution in [0.4, 0.5) is 0 Å². The first-order valence-corrected chi connectivity index (χ1v) is 7.90. The van der Waals surface area contributed by atoms with Gasteiger partial charge >= 0.3 is 0 Å². The van der Waals surface area contributed by atoms with Gasteiger partial charge in [-0.1, -0.05) is 43.6 Å². The van der Waals surface area contributed by atoms with Crippen molar-refractivity contribution in [3.8, 4) is 5.69 Å². The second-order valence-corrected chi connectivity index (χ2v) is 6.31. The molecule has 2 aromatic carbocycles. The minimum Gasteiger partial charge on any atom is -0.321 e. The third-order valence-electron chi connectivity index (χ3n) is 3.89. The van der Waals surface area contributed by atoms with Crippen LogP contribution in [0.25, 0.3) is 16.6 Å². The summed E-state index contributed by atoms with van der Waals surface area (Å²) in [5.41, 5.74) is 7.52. The Kier molecular flexibility index (Phi) is 4.20. The minimum absolute atomic E-state index is 0.154. The predicted octanol–water partition coefficient (Wildman–Crippen LogP) is 3.69. The highest BCUT2D eigenvalue weighted by Crippen LogP contribution is 2.22. The van der Waals surface area contributed by atoms with E-state index in [0.29, 0.717) is 21.7 Å². The van der Waals surface area contributed by atoms with Gasteiger partial charge in [-0.15, -0.1) is 0 Å². The second kappa shape index (κ2) is 6.14. The van der Waals surface area contributed by atoms with E-state index >= 15 is 0 Å². The lowest BCUT2D eigenvalue weighted by Crippen LogP contribution is -2.30. The maximum Gasteiger partial charge on any atom is 0.266 e. The lowest BCUT2D eigenvalue weighted by molar-refractivity contribution is 0.480. The van der Waals surface area contributed by atoms with Crippen LogP contribution in [-0.4, -0.2) is 9.55 Å². The first-order valence-electron chi connectivity index (χ1n) is 7.52. The van der Waals surface area contributed by atoms with E-state index in [0.717, 1.165) is 5.69 Å². The quantitative estimate of drug-likeness (QED) is 0.798. The summed E-state index contributed by atoms with van der Waals surface area (Å²) >= 11 is 6.04. The summed E-state index contributed by atoms with van der Waals surface area (Å²) in [6, 6.07) is 14.2. The van der Waals surface area contributed by atoms with Gasteiger partial charge in [-0.05, 0) is 36.2 Å². The summed E-state index contributed by atoms with van der Waals surface area (Å²) in [5.74, 6) is 0.715. The summed E-state index contributed by atoms with van der Waals surface area (Å²) in [7, 11) is 0. The molecule has 1 heterocycles. The van der Waals surface area contributed by atoms with Crippen molar-refractivity contribution >= 4 is 22.5 Å². The standard InChI is InChI=1S/C18H18ClN3O/c1-11(2)16(20)17-21-15-9-8-12(19)10-14(15)18(23)22(17)13-6-4-3-5-7-13/h3-11,16H,20H2,1-2H3/t16-/m1/s1. The number of halogens is 1. The number of aromatic nitrogens is 2. The molecule has 1 aromatic heterocycles. The Morgan fingerprint density at radius 3 is 2.48 bits per heavy atom. The number of benzene rings is 2. The lowest BCUT2D eigenvalue weighted by Gasteiger charge is -2.21. The van der Waals surface area contributed by atoms with E-state index in [9.17, 15) is 4.79 Å². The maximum absolute atomic E-state index is 13.0. The summed E-state index contributed by atoms with van der Waals surface area (Å²) in [4.78, 5) is 17.7. The van der Waals surface area contributed by atoms with Gasteiger partial charge in [0.05, 0.1) is 22.6 Å². The molecular formula is C18H18ClN3O. The van der Waals surface area contributed by atoms with Crippen LogP contribution in [-0.2, 0) is 0 Å². The zero-order valence-electron chi connectivity index (χ0n) is 13.0. The SMILES string of the molecule is CC(C)[C@@H](N)c1nc2ccc(Cl)cc2c(=O)n1-c1ccccc1. The molecule has 2 N–H and O–H groups in total. The highest BCUT2D eigenvalue weighted by Gasteiger charge is 2.20. The Hall–Kier alpha value is -2.17. The van der Waals surface area contributed by atoms with Crippen LogP contribution in [0.15, 0.2) is 53.3 Å². The van der Waals surface area contributed by atoms with Crippen molar-refractivity contribution in [1.82, 2.24) is 9.55 Å². The Morgan fingerprint density at radius 2 is 1.83 bits per heavy atom. The summed E-state index contributed by atoms with van der Waals surface area (Å²) in [6.07, 6.45) is 0. The largest absolute Gasteiger partial charge is 0.321 e. The molecule has 3 aromatic rings. The van der Waals surface area contributed by atoms with Crippen LogP contribution in [0, 0.1) is 5.92 Å². The van der Waals surface area contributed by atoms with Crippen molar-refractivity contribution in [1.29, 1.82) is 0 Å². The Bertz CT molecular complexity index is 903. The van der Waals surface area contributed by atoms with Gasteiger partial charge in [0.15, 0.2) is 0 Å². The van der Waals surface area contributed by atoms with Gasteiger partial charge in [0.25, 0.3) is 5.56 Å². The molecule has 118 valence electrons. The molecule has 0 bridgehead atoms. The number of rotatable bonds is 3. The van der Waals surface area contributed by atoms with Gasteiger partial charge in [0, 0.05) is 5.02 Å². The molecular weight excluding hydrogens is 310 g/mol. The number of fused-ring (bicyclic) bond motifs is 1. The highest BCUT2D eigenvalue weighted by molar-refractivity contribution is 6.31. The monoisotopic (exact) mass is 327 g/mol. The van der Waals surface area contributed by atoms with Crippen LogP contribution < -0.4 is 11.3 Å². The zero-order chi connectivity index (χ0) is 16.6. The predicted molar refractivity (Wildman–Crippen MR) is 94.1 cm³/mol. The molecule has 0 aliphatic rings. The smallest absolute Gasteiger partial charge is 0.266 e. The van der Waals surface area contributed by atoms with Crippen molar-refractivity contribution < 1.29 is 0 Å². The highest BCUT2D eigenvalue weighted by atomic mass is 35.5. The molecule has 1 atom stereocenters. The van der Waals surface area contributed by atoms with Crippen molar-refractivity contribution in [2.75, 3.05) is 0 Å². The van der Waals surface area contributed by atoms with Crippen LogP contribution in [0.3, 0.4) is 0 Å². The lowest BCUT2D eigenvalue weighted by atomic mass is 10.0. The minimum atomic E-state index is -0.344. The summed E-state index contributed by atoms with van der Waals surface area (Å²) in [5, 5.41) is 0.998. The molecule has 0 fully saturated rings. The van der Waals surface area contributed by atoms with E-state index in [1.165, 1.54) is 0 Å². The Morgan fingerprint density at radius 1 is 1.13 bits per heavy atom. The Labute approximate surface area is 139 Å². The third kappa shape index (κ3) is 2.87. The molecule has 0 saturated carbocycles. The third-order valence-corrected chi connectivity index (χ3v) is 4.12. The normalized spacial score (nSPS) is 12.7. The fourth-order valence-corrected chi connectivity index (χ4v) is 2.70. The molecule has 0 aliphatic carbocycles. The average Bonchev–Trinajstić information content (AvgIpc) is 2.55. The van der Waals surface area contributed by atoms with Gasteiger partial charge < -0.3 is 5.73 Å². The molecule has 0 saturated heterocycles. The van der Waals surface area contributed by atoms with Gasteiger partial charge in [0.1, 0.15) is 5.82 Å². The van der Waals surface area contributed by atoms with E-state index in [4.69, 9.17) is 17.3 Å². The number of hydrogen-bond donors (Lipinski definition) is 1. The van der Waals surface area contributed by atoms with Crippen molar-refractivity contribution in [3.63, 3.8) is 0 Å². The molecule has 0 spiro atoms. The summed E-state index contributed by atoms with van der Waals surface area (Å²) < 4.78 is 1.59. The topological polar surface area (TPSA) is 60.9 Å². The molecule has 4 nitrogen and oxygen atoms in total. The fraction of sp³-hybridized carbons (Fsp3) is 0.222. The molecule has 0 amide bonds. The van der Waals surface area contributed by atoms with E-state index < -0.39 is 0 Å². The van der Waals surface area contributed by atoms with Gasteiger partial charge in [-0.3, -0.25) is 9.36 Å². The molecule has 23 heavy (non-hydrogen) atoms.